The average molecular weight is 542 g/mol. The molecule has 38 heavy (non-hydrogen) atoms. The first-order chi connectivity index (χ1) is 18.2. The summed E-state index contributed by atoms with van der Waals surface area (Å²) in [5.74, 6) is -0.857. The van der Waals surface area contributed by atoms with Crippen LogP contribution in [0.1, 0.15) is 26.3 Å². The Hall–Kier alpha value is -3.92. The van der Waals surface area contributed by atoms with Gasteiger partial charge in [-0.3, -0.25) is 13.9 Å². The molecule has 0 fully saturated rings. The molecule has 0 aliphatic heterocycles. The number of hydrogen-bond donors (Lipinski definition) is 1. The summed E-state index contributed by atoms with van der Waals surface area (Å²) in [7, 11) is -4.15. The maximum atomic E-state index is 13.7. The van der Waals surface area contributed by atoms with Crippen molar-refractivity contribution < 1.29 is 27.1 Å². The fourth-order valence-electron chi connectivity index (χ4n) is 3.81. The van der Waals surface area contributed by atoms with Crippen molar-refractivity contribution in [2.45, 2.75) is 38.3 Å². The van der Waals surface area contributed by atoms with Crippen molar-refractivity contribution in [1.29, 1.82) is 0 Å². The number of rotatable bonds is 12. The van der Waals surface area contributed by atoms with Crippen molar-refractivity contribution >= 4 is 27.5 Å². The molecule has 202 valence electrons. The number of nitrogens with one attached hydrogen (secondary N) is 1. The monoisotopic (exact) mass is 541 g/mol. The molecule has 1 atom stereocenters. The lowest BCUT2D eigenvalue weighted by atomic mass is 10.1. The van der Waals surface area contributed by atoms with E-state index in [1.54, 1.807) is 56.3 Å². The maximum absolute atomic E-state index is 13.7. The highest BCUT2D eigenvalue weighted by molar-refractivity contribution is 7.92. The molecule has 0 heterocycles. The van der Waals surface area contributed by atoms with E-state index in [1.807, 2.05) is 6.92 Å². The fraction of sp³-hybridized carbons (Fsp3) is 0.286. The second-order valence-electron chi connectivity index (χ2n) is 8.47. The topological polar surface area (TPSA) is 96.0 Å². The van der Waals surface area contributed by atoms with Crippen LogP contribution in [0.3, 0.4) is 0 Å². The second-order valence-corrected chi connectivity index (χ2v) is 10.3. The predicted molar refractivity (Wildman–Crippen MR) is 144 cm³/mol. The van der Waals surface area contributed by atoms with Crippen LogP contribution < -0.4 is 14.4 Å². The molecule has 3 aromatic rings. The van der Waals surface area contributed by atoms with Crippen molar-refractivity contribution in [2.75, 3.05) is 24.0 Å². The van der Waals surface area contributed by atoms with Crippen LogP contribution in [0.2, 0.25) is 0 Å². The second kappa shape index (κ2) is 13.0. The first-order valence-corrected chi connectivity index (χ1v) is 13.7. The number of nitrogens with zero attached hydrogens (tertiary/aromatic N) is 2. The number of ether oxygens (including phenoxy) is 1. The number of benzene rings is 3. The van der Waals surface area contributed by atoms with E-state index in [4.69, 9.17) is 4.74 Å². The molecule has 0 saturated carbocycles. The Kier molecular flexibility index (Phi) is 9.84. The van der Waals surface area contributed by atoms with Gasteiger partial charge in [0.1, 0.15) is 24.2 Å². The lowest BCUT2D eigenvalue weighted by molar-refractivity contribution is -0.139. The van der Waals surface area contributed by atoms with Gasteiger partial charge in [0, 0.05) is 13.1 Å². The van der Waals surface area contributed by atoms with Crippen LogP contribution in [-0.2, 0) is 26.2 Å². The minimum Gasteiger partial charge on any atom is -0.494 e. The first-order valence-electron chi connectivity index (χ1n) is 12.3. The van der Waals surface area contributed by atoms with Gasteiger partial charge in [0.25, 0.3) is 10.0 Å². The third-order valence-corrected chi connectivity index (χ3v) is 7.62. The van der Waals surface area contributed by atoms with Crippen LogP contribution in [0.5, 0.6) is 5.75 Å². The van der Waals surface area contributed by atoms with E-state index in [0.29, 0.717) is 24.5 Å². The van der Waals surface area contributed by atoms with E-state index < -0.39 is 34.3 Å². The molecule has 10 heteroatoms. The van der Waals surface area contributed by atoms with Gasteiger partial charge in [0.15, 0.2) is 0 Å². The number of likely N-dealkylation sites (N-methyl/N-ethyl adjacent to an activating group) is 1. The van der Waals surface area contributed by atoms with Gasteiger partial charge in [0.05, 0.1) is 17.2 Å². The summed E-state index contributed by atoms with van der Waals surface area (Å²) in [6, 6.07) is 18.9. The fourth-order valence-corrected chi connectivity index (χ4v) is 5.25. The van der Waals surface area contributed by atoms with Crippen LogP contribution in [-0.4, -0.2) is 50.9 Å². The van der Waals surface area contributed by atoms with E-state index in [9.17, 15) is 22.4 Å². The summed E-state index contributed by atoms with van der Waals surface area (Å²) in [5, 5.41) is 2.70. The van der Waals surface area contributed by atoms with Crippen LogP contribution in [0.25, 0.3) is 0 Å². The van der Waals surface area contributed by atoms with Crippen molar-refractivity contribution in [3.63, 3.8) is 0 Å². The Labute approximate surface area is 223 Å². The first kappa shape index (κ1) is 28.6. The molecule has 0 aromatic heterocycles. The van der Waals surface area contributed by atoms with Crippen LogP contribution in [0.4, 0.5) is 10.1 Å². The van der Waals surface area contributed by atoms with Crippen molar-refractivity contribution in [3.05, 3.63) is 90.2 Å². The van der Waals surface area contributed by atoms with Gasteiger partial charge < -0.3 is 15.0 Å². The molecule has 0 spiro atoms. The lowest BCUT2D eigenvalue weighted by Gasteiger charge is -2.32. The Morgan fingerprint density at radius 2 is 1.58 bits per heavy atom. The summed E-state index contributed by atoms with van der Waals surface area (Å²) in [6.45, 7) is 5.40. The van der Waals surface area contributed by atoms with Gasteiger partial charge in [-0.25, -0.2) is 12.8 Å². The largest absolute Gasteiger partial charge is 0.494 e. The molecule has 8 nitrogen and oxygen atoms in total. The third-order valence-electron chi connectivity index (χ3n) is 5.83. The molecule has 1 N–H and O–H groups in total. The van der Waals surface area contributed by atoms with Crippen LogP contribution in [0.15, 0.2) is 83.8 Å². The van der Waals surface area contributed by atoms with Gasteiger partial charge in [-0.1, -0.05) is 30.3 Å². The standard InChI is InChI=1S/C28H32FN3O5S/c1-4-30-28(34)21(3)31(19-22-11-13-23(29)14-12-22)27(33)20-32(24-15-17-25(18-16-24)37-5-2)38(35,36)26-9-7-6-8-10-26/h6-18,21H,4-5,19-20H2,1-3H3,(H,30,34)/t21-/m0/s1. The van der Waals surface area contributed by atoms with E-state index in [1.165, 1.54) is 41.3 Å². The van der Waals surface area contributed by atoms with Gasteiger partial charge in [0.2, 0.25) is 11.8 Å². The molecule has 0 aliphatic rings. The number of anilines is 1. The summed E-state index contributed by atoms with van der Waals surface area (Å²) in [5.41, 5.74) is 0.854. The average Bonchev–Trinajstić information content (AvgIpc) is 2.92. The molecule has 3 rings (SSSR count). The number of carbonyl (C=O) groups excluding carboxylic acids is 2. The smallest absolute Gasteiger partial charge is 0.264 e. The Bertz CT molecular complexity index is 1320. The zero-order valence-electron chi connectivity index (χ0n) is 21.6. The molecule has 0 bridgehead atoms. The van der Waals surface area contributed by atoms with E-state index >= 15 is 0 Å². The van der Waals surface area contributed by atoms with Crippen molar-refractivity contribution in [3.8, 4) is 5.75 Å². The number of amides is 2. The molecule has 3 aromatic carbocycles. The Morgan fingerprint density at radius 1 is 0.947 bits per heavy atom. The van der Waals surface area contributed by atoms with Gasteiger partial charge in [-0.2, -0.15) is 0 Å². The van der Waals surface area contributed by atoms with E-state index in [0.717, 1.165) is 4.31 Å². The molecule has 0 radical (unpaired) electrons. The summed E-state index contributed by atoms with van der Waals surface area (Å²) >= 11 is 0. The highest BCUT2D eigenvalue weighted by Crippen LogP contribution is 2.26. The highest BCUT2D eigenvalue weighted by Gasteiger charge is 2.32. The SMILES string of the molecule is CCNC(=O)[C@H](C)N(Cc1ccc(F)cc1)C(=O)CN(c1ccc(OCC)cc1)S(=O)(=O)c1ccccc1. The molecule has 0 aliphatic carbocycles. The highest BCUT2D eigenvalue weighted by atomic mass is 32.2. The Balaban J connectivity index is 2.01. The molecule has 2 amide bonds. The molecule has 0 unspecified atom stereocenters. The van der Waals surface area contributed by atoms with E-state index in [2.05, 4.69) is 5.32 Å². The molecular weight excluding hydrogens is 509 g/mol. The van der Waals surface area contributed by atoms with E-state index in [-0.39, 0.29) is 23.0 Å². The number of carbonyl (C=O) groups is 2. The maximum Gasteiger partial charge on any atom is 0.264 e. The predicted octanol–water partition coefficient (Wildman–Crippen LogP) is 3.97. The minimum absolute atomic E-state index is 0.0140. The van der Waals surface area contributed by atoms with Crippen molar-refractivity contribution in [2.24, 2.45) is 0 Å². The normalized spacial score (nSPS) is 11.9. The van der Waals surface area contributed by atoms with Crippen molar-refractivity contribution in [1.82, 2.24) is 10.2 Å². The third kappa shape index (κ3) is 7.10. The van der Waals surface area contributed by atoms with Gasteiger partial charge >= 0.3 is 0 Å². The summed E-state index contributed by atoms with van der Waals surface area (Å²) in [6.07, 6.45) is 0. The number of sulfonamides is 1. The van der Waals surface area contributed by atoms with Crippen LogP contribution in [0, 0.1) is 5.82 Å². The quantitative estimate of drug-likeness (QED) is 0.374. The number of halogens is 1. The van der Waals surface area contributed by atoms with Gasteiger partial charge in [-0.05, 0) is 74.9 Å². The minimum atomic E-state index is -4.15. The Morgan fingerprint density at radius 3 is 2.16 bits per heavy atom. The number of hydrogen-bond acceptors (Lipinski definition) is 5. The molecule has 0 saturated heterocycles. The summed E-state index contributed by atoms with van der Waals surface area (Å²) in [4.78, 5) is 27.7. The van der Waals surface area contributed by atoms with Gasteiger partial charge in [-0.15, -0.1) is 0 Å². The summed E-state index contributed by atoms with van der Waals surface area (Å²) < 4.78 is 47.4. The van der Waals surface area contributed by atoms with Crippen LogP contribution >= 0.6 is 0 Å². The molecular formula is C28H32FN3O5S. The lowest BCUT2D eigenvalue weighted by Crippen LogP contribution is -2.51. The zero-order valence-corrected chi connectivity index (χ0v) is 22.4. The zero-order chi connectivity index (χ0) is 27.7.